The summed E-state index contributed by atoms with van der Waals surface area (Å²) in [5, 5.41) is 11.8. The van der Waals surface area contributed by atoms with Gasteiger partial charge in [0.1, 0.15) is 22.8 Å². The fourth-order valence-corrected chi connectivity index (χ4v) is 2.10. The van der Waals surface area contributed by atoms with E-state index in [2.05, 4.69) is 9.84 Å². The van der Waals surface area contributed by atoms with Gasteiger partial charge in [0.2, 0.25) is 0 Å². The van der Waals surface area contributed by atoms with Crippen LogP contribution < -0.4 is 10.4 Å². The Balaban J connectivity index is 2.69. The normalized spacial score (nSPS) is 13.5. The first-order valence-corrected chi connectivity index (χ1v) is 7.24. The Morgan fingerprint density at radius 2 is 1.82 bits per heavy atom. The molecular weight excluding hydrogens is 431 g/mol. The highest BCUT2D eigenvalue weighted by atomic mass is 35.5. The number of carbonyl (C=O) groups is 1. The maximum atomic E-state index is 14.2. The quantitative estimate of drug-likeness (QED) is 0.742. The van der Waals surface area contributed by atoms with Gasteiger partial charge in [-0.1, -0.05) is 0 Å². The van der Waals surface area contributed by atoms with Crippen LogP contribution in [0, 0.1) is 5.82 Å². The van der Waals surface area contributed by atoms with E-state index in [4.69, 9.17) is 16.9 Å². The van der Waals surface area contributed by atoms with Crippen LogP contribution in [-0.4, -0.2) is 37.2 Å². The molecule has 1 atom stereocenters. The molecule has 0 amide bonds. The van der Waals surface area contributed by atoms with Crippen LogP contribution in [0.15, 0.2) is 16.9 Å². The minimum atomic E-state index is -5.21. The number of halogens is 8. The maximum Gasteiger partial charge on any atom is 0.453 e. The Morgan fingerprint density at radius 1 is 1.25 bits per heavy atom. The Hall–Kier alpha value is -2.77. The predicted octanol–water partition coefficient (Wildman–Crippen LogP) is 3.22. The zero-order valence-electron chi connectivity index (χ0n) is 13.3. The molecule has 1 heterocycles. The summed E-state index contributed by atoms with van der Waals surface area (Å²) < 4.78 is 94.3. The lowest BCUT2D eigenvalue weighted by Crippen LogP contribution is -2.32. The van der Waals surface area contributed by atoms with E-state index in [9.17, 15) is 40.3 Å². The summed E-state index contributed by atoms with van der Waals surface area (Å²) in [5.41, 5.74) is -3.87. The molecule has 1 aromatic carbocycles. The Morgan fingerprint density at radius 3 is 2.25 bits per heavy atom. The van der Waals surface area contributed by atoms with Crippen molar-refractivity contribution >= 4 is 17.7 Å². The van der Waals surface area contributed by atoms with Crippen molar-refractivity contribution in [1.29, 1.82) is 0 Å². The average molecular weight is 438 g/mol. The number of carboxylic acids is 1. The molecular formula is C13H7ClF7N3O4. The van der Waals surface area contributed by atoms with Gasteiger partial charge in [-0.15, -0.1) is 5.10 Å². The van der Waals surface area contributed by atoms with Gasteiger partial charge in [-0.25, -0.2) is 14.0 Å². The zero-order valence-corrected chi connectivity index (χ0v) is 14.0. The number of nitrogens with zero attached hydrogens (tertiary/aromatic N) is 3. The minimum absolute atomic E-state index is 0.170. The third kappa shape index (κ3) is 4.05. The molecule has 1 N–H and O–H groups in total. The van der Waals surface area contributed by atoms with Crippen molar-refractivity contribution < 1.29 is 45.4 Å². The standard InChI is InChI=1S/C13H7ClF7N3O4/c1-4(12(16,17)18)28-8-3-7(6(15)2-5(8)9(25)26)24-11(27)23(14)10(22-24)13(19,20)21/h2-4H,1H3,(H,25,26)/t4-/m0/s1. The molecule has 0 aliphatic rings. The SMILES string of the molecule is C[C@H](Oc1cc(-n2nc(C(F)(F)F)n(Cl)c2=O)c(F)cc1C(=O)O)C(F)(F)F. The number of aromatic carboxylic acids is 1. The van der Waals surface area contributed by atoms with Crippen LogP contribution in [0.25, 0.3) is 5.69 Å². The first kappa shape index (κ1) is 21.5. The average Bonchev–Trinajstić information content (AvgIpc) is 2.83. The summed E-state index contributed by atoms with van der Waals surface area (Å²) >= 11 is 5.17. The molecule has 0 bridgehead atoms. The highest BCUT2D eigenvalue weighted by molar-refractivity contribution is 6.15. The highest BCUT2D eigenvalue weighted by Crippen LogP contribution is 2.31. The lowest BCUT2D eigenvalue weighted by molar-refractivity contribution is -0.189. The molecule has 15 heteroatoms. The van der Waals surface area contributed by atoms with Crippen LogP contribution in [0.3, 0.4) is 0 Å². The van der Waals surface area contributed by atoms with Gasteiger partial charge in [-0.3, -0.25) is 0 Å². The van der Waals surface area contributed by atoms with Crippen molar-refractivity contribution in [3.05, 3.63) is 39.8 Å². The smallest absolute Gasteiger partial charge is 0.453 e. The predicted molar refractivity (Wildman–Crippen MR) is 77.1 cm³/mol. The van der Waals surface area contributed by atoms with Crippen LogP contribution >= 0.6 is 11.8 Å². The molecule has 0 saturated heterocycles. The monoisotopic (exact) mass is 437 g/mol. The molecule has 1 aromatic heterocycles. The molecule has 0 aliphatic carbocycles. The van der Waals surface area contributed by atoms with Gasteiger partial charge in [0.15, 0.2) is 6.10 Å². The largest absolute Gasteiger partial charge is 0.480 e. The Labute approximate surface area is 154 Å². The molecule has 0 aliphatic heterocycles. The van der Waals surface area contributed by atoms with Gasteiger partial charge in [0, 0.05) is 17.8 Å². The summed E-state index contributed by atoms with van der Waals surface area (Å²) in [6.45, 7) is 0.510. The number of alkyl halides is 6. The van der Waals surface area contributed by atoms with Crippen LogP contribution in [0.2, 0.25) is 0 Å². The number of benzene rings is 1. The molecule has 0 saturated carbocycles. The fraction of sp³-hybridized carbons (Fsp3) is 0.308. The summed E-state index contributed by atoms with van der Waals surface area (Å²) in [7, 11) is 0. The van der Waals surface area contributed by atoms with Gasteiger partial charge < -0.3 is 9.84 Å². The zero-order chi connectivity index (χ0) is 21.6. The van der Waals surface area contributed by atoms with Crippen molar-refractivity contribution in [3.63, 3.8) is 0 Å². The van der Waals surface area contributed by atoms with Crippen molar-refractivity contribution in [1.82, 2.24) is 13.9 Å². The van der Waals surface area contributed by atoms with Gasteiger partial charge in [0.05, 0.1) is 0 Å². The van der Waals surface area contributed by atoms with Crippen molar-refractivity contribution in [2.24, 2.45) is 0 Å². The highest BCUT2D eigenvalue weighted by Gasteiger charge is 2.40. The summed E-state index contributed by atoms with van der Waals surface area (Å²) in [6.07, 6.45) is -12.7. The van der Waals surface area contributed by atoms with E-state index >= 15 is 0 Å². The lowest BCUT2D eigenvalue weighted by Gasteiger charge is -2.19. The van der Waals surface area contributed by atoms with E-state index in [1.54, 1.807) is 0 Å². The summed E-state index contributed by atoms with van der Waals surface area (Å²) in [4.78, 5) is 23.0. The molecule has 154 valence electrons. The lowest BCUT2D eigenvalue weighted by atomic mass is 10.1. The van der Waals surface area contributed by atoms with Crippen LogP contribution in [-0.2, 0) is 6.18 Å². The number of carboxylic acid groups (broad SMARTS) is 1. The van der Waals surface area contributed by atoms with Crippen LogP contribution in [0.4, 0.5) is 30.7 Å². The van der Waals surface area contributed by atoms with Gasteiger partial charge in [-0.2, -0.15) is 35.1 Å². The first-order valence-electron chi connectivity index (χ1n) is 6.90. The summed E-state index contributed by atoms with van der Waals surface area (Å²) in [6, 6.07) is 0.468. The van der Waals surface area contributed by atoms with E-state index in [1.807, 2.05) is 0 Å². The molecule has 0 unspecified atom stereocenters. The van der Waals surface area contributed by atoms with E-state index in [0.29, 0.717) is 13.0 Å². The maximum absolute atomic E-state index is 14.2. The molecule has 7 nitrogen and oxygen atoms in total. The molecule has 0 spiro atoms. The van der Waals surface area contributed by atoms with Gasteiger partial charge >= 0.3 is 24.0 Å². The van der Waals surface area contributed by atoms with E-state index in [-0.39, 0.29) is 10.7 Å². The third-order valence-corrected chi connectivity index (χ3v) is 3.56. The Bertz CT molecular complexity index is 980. The number of aromatic nitrogens is 3. The molecule has 0 fully saturated rings. The van der Waals surface area contributed by atoms with Crippen molar-refractivity contribution in [3.8, 4) is 11.4 Å². The summed E-state index contributed by atoms with van der Waals surface area (Å²) in [5.74, 6) is -6.46. The number of hydrogen-bond donors (Lipinski definition) is 1. The van der Waals surface area contributed by atoms with Gasteiger partial charge in [0.25, 0.3) is 5.82 Å². The van der Waals surface area contributed by atoms with E-state index < -0.39 is 62.8 Å². The third-order valence-electron chi connectivity index (χ3n) is 3.26. The second-order valence-electron chi connectivity index (χ2n) is 5.20. The number of hydrogen-bond acceptors (Lipinski definition) is 4. The molecule has 2 rings (SSSR count). The van der Waals surface area contributed by atoms with Crippen LogP contribution in [0.1, 0.15) is 23.1 Å². The van der Waals surface area contributed by atoms with Crippen LogP contribution in [0.5, 0.6) is 5.75 Å². The second-order valence-corrected chi connectivity index (χ2v) is 5.54. The first-order chi connectivity index (χ1) is 12.6. The van der Waals surface area contributed by atoms with E-state index in [0.717, 1.165) is 0 Å². The fourth-order valence-electron chi connectivity index (χ4n) is 1.90. The van der Waals surface area contributed by atoms with Crippen molar-refractivity contribution in [2.45, 2.75) is 25.4 Å². The Kier molecular flexibility index (Phi) is 5.38. The van der Waals surface area contributed by atoms with Crippen molar-refractivity contribution in [2.75, 3.05) is 0 Å². The number of rotatable bonds is 4. The minimum Gasteiger partial charge on any atom is -0.480 e. The molecule has 28 heavy (non-hydrogen) atoms. The van der Waals surface area contributed by atoms with Gasteiger partial charge in [-0.05, 0) is 13.0 Å². The second kappa shape index (κ2) is 7.00. The van der Waals surface area contributed by atoms with E-state index in [1.165, 1.54) is 0 Å². The topological polar surface area (TPSA) is 86.4 Å². The molecule has 0 radical (unpaired) electrons. The molecule has 2 aromatic rings. The number of ether oxygens (including phenoxy) is 1.